The van der Waals surface area contributed by atoms with Crippen LogP contribution in [-0.2, 0) is 15.9 Å². The second-order valence-corrected chi connectivity index (χ2v) is 7.87. The van der Waals surface area contributed by atoms with E-state index in [0.29, 0.717) is 47.5 Å². The molecule has 0 spiro atoms. The average molecular weight is 442 g/mol. The monoisotopic (exact) mass is 441 g/mol. The third-order valence-electron chi connectivity index (χ3n) is 5.39. The number of hydrogen-bond acceptors (Lipinski definition) is 8. The van der Waals surface area contributed by atoms with Gasteiger partial charge in [-0.05, 0) is 18.1 Å². The third kappa shape index (κ3) is 3.97. The molecular weight excluding hydrogens is 422 g/mol. The summed E-state index contributed by atoms with van der Waals surface area (Å²) < 4.78 is 17.4. The van der Waals surface area contributed by atoms with Crippen LogP contribution in [0.2, 0.25) is 5.02 Å². The van der Waals surface area contributed by atoms with E-state index in [1.54, 1.807) is 6.07 Å². The van der Waals surface area contributed by atoms with Crippen LogP contribution in [0.1, 0.15) is 12.0 Å². The van der Waals surface area contributed by atoms with Crippen LogP contribution in [0.5, 0.6) is 6.01 Å². The average Bonchev–Trinajstić information content (AvgIpc) is 3.45. The van der Waals surface area contributed by atoms with Crippen molar-refractivity contribution in [2.45, 2.75) is 31.2 Å². The molecule has 4 N–H and O–H groups in total. The number of aromatic nitrogens is 3. The Morgan fingerprint density at radius 2 is 2.13 bits per heavy atom. The van der Waals surface area contributed by atoms with Crippen LogP contribution in [0.4, 0.5) is 0 Å². The highest BCUT2D eigenvalue weighted by Crippen LogP contribution is 2.32. The largest absolute Gasteiger partial charge is 0.456 e. The van der Waals surface area contributed by atoms with Crippen LogP contribution in [0.25, 0.3) is 22.4 Å². The zero-order valence-electron chi connectivity index (χ0n) is 16.4. The van der Waals surface area contributed by atoms with Crippen LogP contribution in [0.3, 0.4) is 0 Å². The summed E-state index contributed by atoms with van der Waals surface area (Å²) in [5.74, 6) is 0.145. The minimum Gasteiger partial charge on any atom is -0.456 e. The Labute approximate surface area is 182 Å². The van der Waals surface area contributed by atoms with Gasteiger partial charge < -0.3 is 19.2 Å². The van der Waals surface area contributed by atoms with E-state index in [1.807, 2.05) is 24.3 Å². The molecule has 2 aliphatic rings. The number of fused-ring (bicyclic) bond motifs is 2. The molecule has 31 heavy (non-hydrogen) atoms. The molecule has 0 bridgehead atoms. The number of imidazole rings is 1. The minimum atomic E-state index is -0.202. The van der Waals surface area contributed by atoms with Gasteiger partial charge in [-0.25, -0.2) is 10.4 Å². The summed E-state index contributed by atoms with van der Waals surface area (Å²) in [6, 6.07) is 9.68. The summed E-state index contributed by atoms with van der Waals surface area (Å²) >= 11 is 6.49. The first-order valence-corrected chi connectivity index (χ1v) is 10.2. The van der Waals surface area contributed by atoms with Crippen molar-refractivity contribution in [3.05, 3.63) is 40.9 Å². The van der Waals surface area contributed by atoms with E-state index in [1.165, 1.54) is 0 Å². The predicted octanol–water partition coefficient (Wildman–Crippen LogP) is 3.27. The fourth-order valence-electron chi connectivity index (χ4n) is 3.92. The Hall–Kier alpha value is -3.08. The molecule has 2 aromatic heterocycles. The van der Waals surface area contributed by atoms with Crippen molar-refractivity contribution in [1.29, 1.82) is 10.9 Å². The molecule has 0 amide bonds. The van der Waals surface area contributed by atoms with E-state index in [-0.39, 0.29) is 24.1 Å². The molecule has 10 nitrogen and oxygen atoms in total. The van der Waals surface area contributed by atoms with Gasteiger partial charge in [-0.15, -0.1) is 0 Å². The molecule has 0 radical (unpaired) electrons. The fourth-order valence-corrected chi connectivity index (χ4v) is 4.18. The number of halogens is 1. The summed E-state index contributed by atoms with van der Waals surface area (Å²) in [7, 11) is 0. The highest BCUT2D eigenvalue weighted by molar-refractivity contribution is 6.33. The van der Waals surface area contributed by atoms with Gasteiger partial charge in [0.15, 0.2) is 11.8 Å². The number of H-pyrrole nitrogens is 1. The Balaban J connectivity index is 1.35. The minimum absolute atomic E-state index is 0.0645. The van der Waals surface area contributed by atoms with Crippen LogP contribution in [0.15, 0.2) is 35.6 Å². The van der Waals surface area contributed by atoms with Gasteiger partial charge in [-0.3, -0.25) is 5.41 Å². The summed E-state index contributed by atoms with van der Waals surface area (Å²) in [5, 5.41) is 11.2. The lowest BCUT2D eigenvalue weighted by Crippen LogP contribution is -2.32. The van der Waals surface area contributed by atoms with Gasteiger partial charge in [0, 0.05) is 18.6 Å². The van der Waals surface area contributed by atoms with Crippen molar-refractivity contribution in [2.24, 2.45) is 5.22 Å². The topological polar surface area (TPSA) is 141 Å². The molecule has 3 aromatic rings. The quantitative estimate of drug-likeness (QED) is 0.200. The number of pyridine rings is 1. The maximum absolute atomic E-state index is 7.69. The summed E-state index contributed by atoms with van der Waals surface area (Å²) in [5.41, 5.74) is 12.6. The first-order chi connectivity index (χ1) is 15.1. The smallest absolute Gasteiger partial charge is 0.296 e. The van der Waals surface area contributed by atoms with Crippen molar-refractivity contribution in [1.82, 2.24) is 20.4 Å². The van der Waals surface area contributed by atoms with Crippen LogP contribution in [0, 0.1) is 10.9 Å². The molecule has 0 saturated carbocycles. The molecular formula is C20H20ClN7O3. The van der Waals surface area contributed by atoms with Crippen molar-refractivity contribution in [2.75, 3.05) is 13.2 Å². The number of rotatable bonds is 6. The first-order valence-electron chi connectivity index (χ1n) is 9.86. The molecule has 2 saturated heterocycles. The van der Waals surface area contributed by atoms with E-state index in [2.05, 4.69) is 25.6 Å². The summed E-state index contributed by atoms with van der Waals surface area (Å²) in [4.78, 5) is 12.2. The van der Waals surface area contributed by atoms with Gasteiger partial charge >= 0.3 is 0 Å². The molecule has 2 fully saturated rings. The molecule has 4 heterocycles. The Morgan fingerprint density at radius 1 is 1.29 bits per heavy atom. The van der Waals surface area contributed by atoms with E-state index in [9.17, 15) is 0 Å². The van der Waals surface area contributed by atoms with E-state index in [4.69, 9.17) is 36.8 Å². The lowest BCUT2D eigenvalue weighted by atomic mass is 10.1. The standard InChI is InChI=1S/C20H20ClN7O3/c21-12-8-13-19(26-20(24-13)31-15-9-30-14-5-6-29-18(14)15)25-17(12)11-3-1-10(2-4-11)7-16(22)27-28-23/h1-4,8,14-15,18H,5-7,9H2,(H3,22,23,27)(H,24,25,26)/t14-,15?,18+/m1/s1. The number of ether oxygens (including phenoxy) is 3. The third-order valence-corrected chi connectivity index (χ3v) is 5.68. The highest BCUT2D eigenvalue weighted by atomic mass is 35.5. The lowest BCUT2D eigenvalue weighted by Gasteiger charge is -2.15. The van der Waals surface area contributed by atoms with Gasteiger partial charge in [0.1, 0.15) is 11.9 Å². The zero-order chi connectivity index (χ0) is 21.4. The number of hydrogen-bond donors (Lipinski definition) is 4. The van der Waals surface area contributed by atoms with Crippen LogP contribution < -0.4 is 10.2 Å². The van der Waals surface area contributed by atoms with Crippen LogP contribution >= 0.6 is 11.6 Å². The fraction of sp³-hybridized carbons (Fsp3) is 0.350. The Morgan fingerprint density at radius 3 is 2.94 bits per heavy atom. The number of nitrogens with zero attached hydrogens (tertiary/aromatic N) is 3. The molecule has 5 rings (SSSR count). The van der Waals surface area contributed by atoms with Gasteiger partial charge in [0.2, 0.25) is 0 Å². The van der Waals surface area contributed by atoms with E-state index in [0.717, 1.165) is 17.5 Å². The van der Waals surface area contributed by atoms with E-state index >= 15 is 0 Å². The zero-order valence-corrected chi connectivity index (χ0v) is 17.1. The molecule has 11 heteroatoms. The summed E-state index contributed by atoms with van der Waals surface area (Å²) in [6.45, 7) is 1.16. The van der Waals surface area contributed by atoms with Gasteiger partial charge in [-0.2, -0.15) is 10.5 Å². The number of nitrogens with one attached hydrogen (secondary N) is 4. The maximum Gasteiger partial charge on any atom is 0.296 e. The van der Waals surface area contributed by atoms with E-state index < -0.39 is 0 Å². The van der Waals surface area contributed by atoms with Crippen molar-refractivity contribution in [3.8, 4) is 17.3 Å². The molecule has 160 valence electrons. The second-order valence-electron chi connectivity index (χ2n) is 7.46. The highest BCUT2D eigenvalue weighted by Gasteiger charge is 2.43. The normalized spacial score (nSPS) is 22.4. The van der Waals surface area contributed by atoms with Gasteiger partial charge in [-0.1, -0.05) is 41.1 Å². The maximum atomic E-state index is 7.69. The lowest BCUT2D eigenvalue weighted by molar-refractivity contribution is 0.0273. The Bertz CT molecular complexity index is 1130. The van der Waals surface area contributed by atoms with Crippen molar-refractivity contribution in [3.63, 3.8) is 0 Å². The molecule has 1 aromatic carbocycles. The SMILES string of the molecule is N=NNC(=N)Cc1ccc(-c2nc3nc(OC4CO[C@@H]5CCO[C@H]45)[nH]c3cc2Cl)cc1. The van der Waals surface area contributed by atoms with Gasteiger partial charge in [0.05, 0.1) is 28.9 Å². The molecule has 3 atom stereocenters. The summed E-state index contributed by atoms with van der Waals surface area (Å²) in [6.07, 6.45) is 1.06. The molecule has 2 aliphatic heterocycles. The van der Waals surface area contributed by atoms with Crippen molar-refractivity contribution < 1.29 is 14.2 Å². The first kappa shape index (κ1) is 19.9. The number of benzene rings is 1. The number of amidine groups is 1. The van der Waals surface area contributed by atoms with Gasteiger partial charge in [0.25, 0.3) is 6.01 Å². The van der Waals surface area contributed by atoms with Crippen molar-refractivity contribution >= 4 is 28.6 Å². The molecule has 1 unspecified atom stereocenters. The molecule has 0 aliphatic carbocycles. The second kappa shape index (κ2) is 8.22. The predicted molar refractivity (Wildman–Crippen MR) is 113 cm³/mol. The Kier molecular flexibility index (Phi) is 5.26. The van der Waals surface area contributed by atoms with Crippen LogP contribution in [-0.4, -0.2) is 52.3 Å². The number of aromatic amines is 1.